The van der Waals surface area contributed by atoms with Crippen molar-refractivity contribution in [2.75, 3.05) is 0 Å². The Morgan fingerprint density at radius 1 is 0.722 bits per heavy atom. The van der Waals surface area contributed by atoms with E-state index in [1.165, 1.54) is 28.0 Å². The first-order valence-corrected chi connectivity index (χ1v) is 5.56. The third-order valence-corrected chi connectivity index (χ3v) is 2.58. The quantitative estimate of drug-likeness (QED) is 0.322. The second-order valence-electron chi connectivity index (χ2n) is 3.96. The zero-order chi connectivity index (χ0) is 14.7. The van der Waals surface area contributed by atoms with E-state index in [9.17, 15) is 22.0 Å². The van der Waals surface area contributed by atoms with E-state index in [-0.39, 0.29) is 0 Å². The van der Waals surface area contributed by atoms with Gasteiger partial charge in [-0.05, 0) is 5.31 Å². The Morgan fingerprint density at radius 3 is 1.28 bits per heavy atom. The van der Waals surface area contributed by atoms with Gasteiger partial charge in [0.1, 0.15) is 7.28 Å². The molecule has 0 nitrogen and oxygen atoms in total. The Bertz CT molecular complexity index is 400. The summed E-state index contributed by atoms with van der Waals surface area (Å²) in [6.45, 7) is 8.22. The minimum atomic E-state index is -2.13. The van der Waals surface area contributed by atoms with Gasteiger partial charge in [0.25, 0.3) is 0 Å². The average molecular weight is 265 g/mol. The van der Waals surface area contributed by atoms with Crippen molar-refractivity contribution in [1.29, 1.82) is 0 Å². The summed E-state index contributed by atoms with van der Waals surface area (Å²) in [6, 6.07) is 0. The van der Waals surface area contributed by atoms with Crippen molar-refractivity contribution in [1.82, 2.24) is 0 Å². The van der Waals surface area contributed by atoms with Crippen LogP contribution in [0.3, 0.4) is 0 Å². The minimum absolute atomic E-state index is 0.814. The standard InChI is InChI=1S/C10H9BF5.C2H6/c1-10(2,11-3)4-5(12)7(14)9(16)8(15)6(4)13;1-2/h1-3H3;1-2H3. The van der Waals surface area contributed by atoms with Crippen LogP contribution in [0, 0.1) is 29.1 Å². The van der Waals surface area contributed by atoms with E-state index in [0.29, 0.717) is 0 Å². The van der Waals surface area contributed by atoms with Crippen LogP contribution in [0.2, 0.25) is 6.82 Å². The number of rotatable bonds is 2. The van der Waals surface area contributed by atoms with Gasteiger partial charge in [-0.1, -0.05) is 34.5 Å². The van der Waals surface area contributed by atoms with Crippen LogP contribution in [-0.2, 0) is 5.31 Å². The molecule has 0 bridgehead atoms. The van der Waals surface area contributed by atoms with Gasteiger partial charge in [0, 0.05) is 5.56 Å². The molecule has 1 aromatic rings. The fourth-order valence-electron chi connectivity index (χ4n) is 1.31. The first-order valence-electron chi connectivity index (χ1n) is 5.56. The topological polar surface area (TPSA) is 0 Å². The molecular weight excluding hydrogens is 250 g/mol. The normalized spacial score (nSPS) is 10.8. The van der Waals surface area contributed by atoms with E-state index in [0.717, 1.165) is 0 Å². The molecule has 1 radical (unpaired) electrons. The van der Waals surface area contributed by atoms with Gasteiger partial charge in [-0.15, -0.1) is 0 Å². The van der Waals surface area contributed by atoms with Gasteiger partial charge in [-0.25, -0.2) is 22.0 Å². The first kappa shape index (κ1) is 16.9. The number of hydrogen-bond acceptors (Lipinski definition) is 0. The lowest BCUT2D eigenvalue weighted by molar-refractivity contribution is 0.362. The fraction of sp³-hybridized carbons (Fsp3) is 0.500. The molecule has 0 aliphatic heterocycles. The second kappa shape index (κ2) is 6.20. The molecule has 1 rings (SSSR count). The Labute approximate surface area is 104 Å². The van der Waals surface area contributed by atoms with Crippen molar-refractivity contribution in [3.63, 3.8) is 0 Å². The molecule has 6 heteroatoms. The van der Waals surface area contributed by atoms with E-state index in [1.54, 1.807) is 0 Å². The van der Waals surface area contributed by atoms with Gasteiger partial charge in [0.2, 0.25) is 5.82 Å². The number of benzene rings is 1. The molecule has 0 aliphatic rings. The van der Waals surface area contributed by atoms with Crippen molar-refractivity contribution in [3.8, 4) is 0 Å². The molecule has 0 saturated heterocycles. The summed E-state index contributed by atoms with van der Waals surface area (Å²) in [6.07, 6.45) is 0. The molecule has 18 heavy (non-hydrogen) atoms. The monoisotopic (exact) mass is 265 g/mol. The van der Waals surface area contributed by atoms with Crippen LogP contribution in [0.1, 0.15) is 33.3 Å². The van der Waals surface area contributed by atoms with Crippen molar-refractivity contribution in [2.45, 2.75) is 39.8 Å². The molecule has 0 aromatic heterocycles. The van der Waals surface area contributed by atoms with Crippen molar-refractivity contribution < 1.29 is 22.0 Å². The zero-order valence-electron chi connectivity index (χ0n) is 11.0. The lowest BCUT2D eigenvalue weighted by atomic mass is 9.53. The van der Waals surface area contributed by atoms with Crippen LogP contribution < -0.4 is 0 Å². The maximum Gasteiger partial charge on any atom is 0.200 e. The summed E-state index contributed by atoms with van der Waals surface area (Å²) in [5.41, 5.74) is -0.814. The SMILES string of the molecule is CC.C[B]C(C)(C)c1c(F)c(F)c(F)c(F)c1F. The lowest BCUT2D eigenvalue weighted by Gasteiger charge is -2.24. The molecule has 0 atom stereocenters. The summed E-state index contributed by atoms with van der Waals surface area (Å²) >= 11 is 0. The van der Waals surface area contributed by atoms with Crippen molar-refractivity contribution in [3.05, 3.63) is 34.6 Å². The molecular formula is C12H15BF5. The highest BCUT2D eigenvalue weighted by atomic mass is 19.2. The van der Waals surface area contributed by atoms with Gasteiger partial charge in [-0.2, -0.15) is 0 Å². The highest BCUT2D eigenvalue weighted by Gasteiger charge is 2.33. The Hall–Kier alpha value is -1.07. The molecule has 0 amide bonds. The Kier molecular flexibility index (Phi) is 5.84. The van der Waals surface area contributed by atoms with E-state index < -0.39 is 40.0 Å². The molecule has 0 spiro atoms. The minimum Gasteiger partial charge on any atom is -0.203 e. The summed E-state index contributed by atoms with van der Waals surface area (Å²) in [7, 11) is 1.37. The molecule has 0 fully saturated rings. The summed E-state index contributed by atoms with van der Waals surface area (Å²) in [5.74, 6) is -9.52. The lowest BCUT2D eigenvalue weighted by Crippen LogP contribution is -2.28. The van der Waals surface area contributed by atoms with Crippen molar-refractivity contribution >= 4 is 7.28 Å². The average Bonchev–Trinajstić information content (AvgIpc) is 2.36. The summed E-state index contributed by atoms with van der Waals surface area (Å²) in [4.78, 5) is 0. The van der Waals surface area contributed by atoms with Gasteiger partial charge < -0.3 is 0 Å². The third kappa shape index (κ3) is 2.84. The molecule has 0 aliphatic carbocycles. The van der Waals surface area contributed by atoms with Gasteiger partial charge >= 0.3 is 0 Å². The maximum atomic E-state index is 13.3. The molecule has 0 saturated carbocycles. The maximum absolute atomic E-state index is 13.3. The van der Waals surface area contributed by atoms with E-state index in [1.807, 2.05) is 13.8 Å². The predicted molar refractivity (Wildman–Crippen MR) is 62.2 cm³/mol. The number of halogens is 5. The molecule has 101 valence electrons. The van der Waals surface area contributed by atoms with Gasteiger partial charge in [0.05, 0.1) is 0 Å². The molecule has 0 N–H and O–H groups in total. The van der Waals surface area contributed by atoms with Gasteiger partial charge in [-0.3, -0.25) is 0 Å². The van der Waals surface area contributed by atoms with Crippen molar-refractivity contribution in [2.24, 2.45) is 0 Å². The van der Waals surface area contributed by atoms with Crippen LogP contribution in [0.15, 0.2) is 0 Å². The van der Waals surface area contributed by atoms with E-state index in [2.05, 4.69) is 0 Å². The van der Waals surface area contributed by atoms with Crippen LogP contribution >= 0.6 is 0 Å². The smallest absolute Gasteiger partial charge is 0.200 e. The largest absolute Gasteiger partial charge is 0.203 e. The van der Waals surface area contributed by atoms with Crippen LogP contribution in [0.25, 0.3) is 0 Å². The first-order chi connectivity index (χ1) is 8.24. The van der Waals surface area contributed by atoms with Crippen LogP contribution in [0.5, 0.6) is 0 Å². The molecule has 1 aromatic carbocycles. The van der Waals surface area contributed by atoms with Crippen LogP contribution in [-0.4, -0.2) is 7.28 Å². The highest BCUT2D eigenvalue weighted by Crippen LogP contribution is 2.31. The number of hydrogen-bond donors (Lipinski definition) is 0. The van der Waals surface area contributed by atoms with E-state index >= 15 is 0 Å². The highest BCUT2D eigenvalue weighted by molar-refractivity contribution is 6.38. The summed E-state index contributed by atoms with van der Waals surface area (Å²) < 4.78 is 65.2. The van der Waals surface area contributed by atoms with Crippen LogP contribution in [0.4, 0.5) is 22.0 Å². The molecule has 0 unspecified atom stereocenters. The Balaban J connectivity index is 0.00000137. The van der Waals surface area contributed by atoms with E-state index in [4.69, 9.17) is 0 Å². The third-order valence-electron chi connectivity index (χ3n) is 2.58. The van der Waals surface area contributed by atoms with Gasteiger partial charge in [0.15, 0.2) is 23.3 Å². The Morgan fingerprint density at radius 2 is 1.00 bits per heavy atom. The second-order valence-corrected chi connectivity index (χ2v) is 3.96. The molecule has 0 heterocycles. The zero-order valence-corrected chi connectivity index (χ0v) is 11.0. The fourth-order valence-corrected chi connectivity index (χ4v) is 1.31. The summed E-state index contributed by atoms with van der Waals surface area (Å²) in [5, 5.41) is -1.23. The predicted octanol–water partition coefficient (Wildman–Crippen LogP) is 4.40.